The molecular formula is C12H15Br2NO2. The minimum absolute atomic E-state index is 0.0172. The molecule has 17 heavy (non-hydrogen) atoms. The normalized spacial score (nSPS) is 12.2. The van der Waals surface area contributed by atoms with Crippen molar-refractivity contribution in [3.05, 3.63) is 33.8 Å². The van der Waals surface area contributed by atoms with E-state index in [1.807, 2.05) is 19.1 Å². The highest BCUT2D eigenvalue weighted by Gasteiger charge is 2.12. The van der Waals surface area contributed by atoms with Crippen LogP contribution in [0.4, 0.5) is 0 Å². The minimum atomic E-state index is -0.0814. The highest BCUT2D eigenvalue weighted by molar-refractivity contribution is 9.10. The first-order chi connectivity index (χ1) is 8.08. The molecule has 0 aliphatic carbocycles. The molecule has 0 aliphatic rings. The number of halogens is 2. The van der Waals surface area contributed by atoms with Gasteiger partial charge in [-0.15, -0.1) is 0 Å². The summed E-state index contributed by atoms with van der Waals surface area (Å²) in [6, 6.07) is 5.52. The summed E-state index contributed by atoms with van der Waals surface area (Å²) in [6.07, 6.45) is 0. The minimum Gasteiger partial charge on any atom is -0.383 e. The van der Waals surface area contributed by atoms with Crippen molar-refractivity contribution >= 4 is 37.8 Å². The van der Waals surface area contributed by atoms with E-state index in [0.717, 1.165) is 10.0 Å². The molecule has 0 aliphatic heterocycles. The van der Waals surface area contributed by atoms with Crippen LogP contribution in [0.5, 0.6) is 0 Å². The van der Waals surface area contributed by atoms with Crippen LogP contribution in [0.15, 0.2) is 22.7 Å². The summed E-state index contributed by atoms with van der Waals surface area (Å²) in [5.74, 6) is -0.0814. The summed E-state index contributed by atoms with van der Waals surface area (Å²) in [5.41, 5.74) is 1.70. The second-order valence-electron chi connectivity index (χ2n) is 3.74. The Morgan fingerprint density at radius 3 is 2.76 bits per heavy atom. The highest BCUT2D eigenvalue weighted by atomic mass is 79.9. The third kappa shape index (κ3) is 4.41. The van der Waals surface area contributed by atoms with Crippen molar-refractivity contribution in [2.45, 2.75) is 13.0 Å². The van der Waals surface area contributed by atoms with E-state index in [0.29, 0.717) is 17.5 Å². The van der Waals surface area contributed by atoms with Crippen molar-refractivity contribution in [2.75, 3.05) is 19.0 Å². The van der Waals surface area contributed by atoms with Gasteiger partial charge in [-0.1, -0.05) is 31.9 Å². The van der Waals surface area contributed by atoms with E-state index >= 15 is 0 Å². The molecule has 0 radical (unpaired) electrons. The van der Waals surface area contributed by atoms with Crippen LogP contribution in [0.25, 0.3) is 0 Å². The number of aryl methyl sites for hydroxylation is 1. The lowest BCUT2D eigenvalue weighted by Gasteiger charge is -2.15. The molecule has 0 saturated carbocycles. The van der Waals surface area contributed by atoms with Gasteiger partial charge in [0.2, 0.25) is 0 Å². The fourth-order valence-corrected chi connectivity index (χ4v) is 1.98. The molecule has 1 aromatic carbocycles. The molecule has 3 nitrogen and oxygen atoms in total. The van der Waals surface area contributed by atoms with E-state index in [-0.39, 0.29) is 11.9 Å². The second-order valence-corrected chi connectivity index (χ2v) is 5.25. The van der Waals surface area contributed by atoms with Crippen LogP contribution in [0.2, 0.25) is 0 Å². The topological polar surface area (TPSA) is 38.3 Å². The molecular weight excluding hydrogens is 350 g/mol. The van der Waals surface area contributed by atoms with Gasteiger partial charge in [-0.05, 0) is 30.7 Å². The monoisotopic (exact) mass is 363 g/mol. The van der Waals surface area contributed by atoms with E-state index < -0.39 is 0 Å². The van der Waals surface area contributed by atoms with Crippen LogP contribution in [0.1, 0.15) is 15.9 Å². The lowest BCUT2D eigenvalue weighted by molar-refractivity contribution is 0.0908. The van der Waals surface area contributed by atoms with Crippen LogP contribution in [0, 0.1) is 6.92 Å². The third-order valence-corrected chi connectivity index (χ3v) is 3.98. The maximum atomic E-state index is 11.9. The van der Waals surface area contributed by atoms with Crippen LogP contribution >= 0.6 is 31.9 Å². The summed E-state index contributed by atoms with van der Waals surface area (Å²) in [4.78, 5) is 11.9. The van der Waals surface area contributed by atoms with Gasteiger partial charge in [0, 0.05) is 22.5 Å². The average Bonchev–Trinajstić information content (AvgIpc) is 2.31. The van der Waals surface area contributed by atoms with Gasteiger partial charge in [0.05, 0.1) is 12.6 Å². The molecule has 1 atom stereocenters. The van der Waals surface area contributed by atoms with Gasteiger partial charge in [-0.3, -0.25) is 4.79 Å². The van der Waals surface area contributed by atoms with Crippen molar-refractivity contribution in [1.29, 1.82) is 0 Å². The Morgan fingerprint density at radius 1 is 1.53 bits per heavy atom. The quantitative estimate of drug-likeness (QED) is 0.816. The van der Waals surface area contributed by atoms with Gasteiger partial charge >= 0.3 is 0 Å². The molecule has 1 aromatic rings. The molecule has 1 amide bonds. The van der Waals surface area contributed by atoms with E-state index in [9.17, 15) is 4.79 Å². The molecule has 1 N–H and O–H groups in total. The van der Waals surface area contributed by atoms with Gasteiger partial charge in [0.15, 0.2) is 0 Å². The lowest BCUT2D eigenvalue weighted by atomic mass is 10.1. The first-order valence-electron chi connectivity index (χ1n) is 5.20. The summed E-state index contributed by atoms with van der Waals surface area (Å²) in [6.45, 7) is 2.45. The highest BCUT2D eigenvalue weighted by Crippen LogP contribution is 2.17. The maximum absolute atomic E-state index is 11.9. The molecule has 1 unspecified atom stereocenters. The standard InChI is InChI=1S/C12H15Br2NO2/c1-8-5-9(3-4-11(8)14)12(16)15-10(6-13)7-17-2/h3-5,10H,6-7H2,1-2H3,(H,15,16). The number of carbonyl (C=O) groups excluding carboxylic acids is 1. The first kappa shape index (κ1) is 14.7. The molecule has 0 heterocycles. The van der Waals surface area contributed by atoms with E-state index in [2.05, 4.69) is 37.2 Å². The zero-order valence-corrected chi connectivity index (χ0v) is 13.0. The maximum Gasteiger partial charge on any atom is 0.251 e. The van der Waals surface area contributed by atoms with Gasteiger partial charge in [-0.25, -0.2) is 0 Å². The summed E-state index contributed by atoms with van der Waals surface area (Å²) >= 11 is 6.75. The van der Waals surface area contributed by atoms with Gasteiger partial charge in [0.25, 0.3) is 5.91 Å². The Balaban J connectivity index is 2.72. The Labute approximate surface area is 118 Å². The summed E-state index contributed by atoms with van der Waals surface area (Å²) < 4.78 is 6.02. The number of benzene rings is 1. The smallest absolute Gasteiger partial charge is 0.251 e. The van der Waals surface area contributed by atoms with Crippen molar-refractivity contribution in [2.24, 2.45) is 0 Å². The molecule has 0 saturated heterocycles. The number of hydrogen-bond acceptors (Lipinski definition) is 2. The van der Waals surface area contributed by atoms with Crippen LogP contribution < -0.4 is 5.32 Å². The number of amides is 1. The number of carbonyl (C=O) groups is 1. The number of methoxy groups -OCH3 is 1. The van der Waals surface area contributed by atoms with Crippen molar-refractivity contribution in [3.63, 3.8) is 0 Å². The molecule has 5 heteroatoms. The third-order valence-electron chi connectivity index (χ3n) is 2.31. The van der Waals surface area contributed by atoms with Gasteiger partial charge in [-0.2, -0.15) is 0 Å². The average molecular weight is 365 g/mol. The van der Waals surface area contributed by atoms with Crippen molar-refractivity contribution in [3.8, 4) is 0 Å². The largest absolute Gasteiger partial charge is 0.383 e. The number of nitrogens with one attached hydrogen (secondary N) is 1. The van der Waals surface area contributed by atoms with Gasteiger partial charge < -0.3 is 10.1 Å². The predicted octanol–water partition coefficient (Wildman–Crippen LogP) is 2.90. The lowest BCUT2D eigenvalue weighted by Crippen LogP contribution is -2.39. The van der Waals surface area contributed by atoms with Crippen LogP contribution in [-0.4, -0.2) is 31.0 Å². The Morgan fingerprint density at radius 2 is 2.24 bits per heavy atom. The van der Waals surface area contributed by atoms with Crippen LogP contribution in [-0.2, 0) is 4.74 Å². The van der Waals surface area contributed by atoms with Crippen molar-refractivity contribution in [1.82, 2.24) is 5.32 Å². The van der Waals surface area contributed by atoms with E-state index in [1.165, 1.54) is 0 Å². The Kier molecular flexibility index (Phi) is 6.16. The molecule has 1 rings (SSSR count). The number of rotatable bonds is 5. The summed E-state index contributed by atoms with van der Waals surface area (Å²) in [5, 5.41) is 3.57. The van der Waals surface area contributed by atoms with Gasteiger partial charge in [0.1, 0.15) is 0 Å². The van der Waals surface area contributed by atoms with E-state index in [1.54, 1.807) is 13.2 Å². The number of hydrogen-bond donors (Lipinski definition) is 1. The van der Waals surface area contributed by atoms with Crippen LogP contribution in [0.3, 0.4) is 0 Å². The molecule has 0 fully saturated rings. The fourth-order valence-electron chi connectivity index (χ4n) is 1.38. The molecule has 94 valence electrons. The van der Waals surface area contributed by atoms with Crippen molar-refractivity contribution < 1.29 is 9.53 Å². The zero-order valence-electron chi connectivity index (χ0n) is 9.80. The SMILES string of the molecule is COCC(CBr)NC(=O)c1ccc(Br)c(C)c1. The Hall–Kier alpha value is -0.390. The molecule has 0 bridgehead atoms. The zero-order chi connectivity index (χ0) is 12.8. The predicted molar refractivity (Wildman–Crippen MR) is 75.8 cm³/mol. The summed E-state index contributed by atoms with van der Waals surface area (Å²) in [7, 11) is 1.62. The molecule has 0 spiro atoms. The second kappa shape index (κ2) is 7.13. The number of alkyl halides is 1. The number of ether oxygens (including phenoxy) is 1. The van der Waals surface area contributed by atoms with E-state index in [4.69, 9.17) is 4.74 Å². The molecule has 0 aromatic heterocycles. The fraction of sp³-hybridized carbons (Fsp3) is 0.417. The first-order valence-corrected chi connectivity index (χ1v) is 7.11. The Bertz CT molecular complexity index is 396.